The minimum absolute atomic E-state index is 0.433. The second-order valence-corrected chi connectivity index (χ2v) is 6.14. The van der Waals surface area contributed by atoms with Gasteiger partial charge in [-0.05, 0) is 43.4 Å². The molecule has 0 saturated heterocycles. The van der Waals surface area contributed by atoms with Gasteiger partial charge in [0.15, 0.2) is 0 Å². The molecule has 0 aromatic heterocycles. The van der Waals surface area contributed by atoms with Crippen LogP contribution in [0.15, 0.2) is 24.3 Å². The number of hydrogen-bond donors (Lipinski definition) is 1. The Morgan fingerprint density at radius 2 is 1.74 bits per heavy atom. The zero-order valence-corrected chi connectivity index (χ0v) is 12.5. The molecule has 0 bridgehead atoms. The fraction of sp³-hybridized carbons (Fsp3) is 0.647. The first kappa shape index (κ1) is 14.4. The molecular weight excluding hydrogens is 234 g/mol. The Morgan fingerprint density at radius 1 is 1.11 bits per heavy atom. The summed E-state index contributed by atoms with van der Waals surface area (Å²) in [6.45, 7) is 7.38. The molecule has 1 aliphatic carbocycles. The topological polar surface area (TPSA) is 21.3 Å². The average molecular weight is 261 g/mol. The van der Waals surface area contributed by atoms with E-state index < -0.39 is 0 Å². The predicted octanol–water partition coefficient (Wildman–Crippen LogP) is 4.31. The van der Waals surface area contributed by atoms with Gasteiger partial charge in [0, 0.05) is 12.1 Å². The largest absolute Gasteiger partial charge is 0.493 e. The van der Waals surface area contributed by atoms with Crippen LogP contribution in [0, 0.1) is 5.92 Å². The molecule has 0 spiro atoms. The summed E-state index contributed by atoms with van der Waals surface area (Å²) in [7, 11) is 0. The highest BCUT2D eigenvalue weighted by Gasteiger charge is 2.17. The zero-order valence-electron chi connectivity index (χ0n) is 12.5. The van der Waals surface area contributed by atoms with E-state index in [0.717, 1.165) is 12.4 Å². The van der Waals surface area contributed by atoms with E-state index >= 15 is 0 Å². The highest BCUT2D eigenvalue weighted by Crippen LogP contribution is 2.23. The van der Waals surface area contributed by atoms with Crippen LogP contribution in [-0.2, 0) is 0 Å². The maximum Gasteiger partial charge on any atom is 0.119 e. The van der Waals surface area contributed by atoms with Crippen LogP contribution < -0.4 is 10.1 Å². The Labute approximate surface area is 117 Å². The molecule has 2 rings (SSSR count). The maximum absolute atomic E-state index is 5.72. The fourth-order valence-corrected chi connectivity index (χ4v) is 2.66. The molecule has 1 aromatic rings. The molecule has 1 aromatic carbocycles. The lowest BCUT2D eigenvalue weighted by Gasteiger charge is -2.20. The van der Waals surface area contributed by atoms with Crippen molar-refractivity contribution in [1.29, 1.82) is 0 Å². The summed E-state index contributed by atoms with van der Waals surface area (Å²) in [5.41, 5.74) is 1.35. The number of benzene rings is 1. The number of rotatable bonds is 6. The van der Waals surface area contributed by atoms with Crippen molar-refractivity contribution in [3.63, 3.8) is 0 Å². The van der Waals surface area contributed by atoms with E-state index in [4.69, 9.17) is 4.74 Å². The van der Waals surface area contributed by atoms with E-state index in [-0.39, 0.29) is 0 Å². The summed E-state index contributed by atoms with van der Waals surface area (Å²) in [6, 6.07) is 9.69. The first-order valence-corrected chi connectivity index (χ1v) is 7.64. The molecule has 2 heteroatoms. The second-order valence-electron chi connectivity index (χ2n) is 6.14. The molecular formula is C17H27NO. The lowest BCUT2D eigenvalue weighted by Crippen LogP contribution is -2.28. The van der Waals surface area contributed by atoms with Gasteiger partial charge in [-0.3, -0.25) is 0 Å². The van der Waals surface area contributed by atoms with Crippen LogP contribution in [-0.4, -0.2) is 12.6 Å². The van der Waals surface area contributed by atoms with Crippen LogP contribution in [0.3, 0.4) is 0 Å². The first-order chi connectivity index (χ1) is 9.15. The van der Waals surface area contributed by atoms with Crippen molar-refractivity contribution in [1.82, 2.24) is 5.32 Å². The van der Waals surface area contributed by atoms with Gasteiger partial charge in [-0.25, -0.2) is 0 Å². The van der Waals surface area contributed by atoms with Crippen LogP contribution in [0.5, 0.6) is 5.75 Å². The van der Waals surface area contributed by atoms with Gasteiger partial charge in [0.25, 0.3) is 0 Å². The minimum atomic E-state index is 0.433. The van der Waals surface area contributed by atoms with Gasteiger partial charge in [-0.15, -0.1) is 0 Å². The van der Waals surface area contributed by atoms with Crippen LogP contribution in [0.1, 0.15) is 58.1 Å². The lowest BCUT2D eigenvalue weighted by atomic mass is 10.1. The van der Waals surface area contributed by atoms with E-state index in [1.165, 1.54) is 31.2 Å². The van der Waals surface area contributed by atoms with Crippen molar-refractivity contribution < 1.29 is 4.74 Å². The van der Waals surface area contributed by atoms with Gasteiger partial charge in [-0.1, -0.05) is 38.8 Å². The van der Waals surface area contributed by atoms with Gasteiger partial charge in [0.05, 0.1) is 6.61 Å². The average Bonchev–Trinajstić information content (AvgIpc) is 2.89. The van der Waals surface area contributed by atoms with Crippen LogP contribution >= 0.6 is 0 Å². The predicted molar refractivity (Wildman–Crippen MR) is 80.6 cm³/mol. The summed E-state index contributed by atoms with van der Waals surface area (Å²) in [4.78, 5) is 0. The molecule has 0 radical (unpaired) electrons. The molecule has 0 aliphatic heterocycles. The summed E-state index contributed by atoms with van der Waals surface area (Å²) < 4.78 is 5.72. The Morgan fingerprint density at radius 3 is 2.32 bits per heavy atom. The third kappa shape index (κ3) is 4.54. The normalized spacial score (nSPS) is 17.9. The molecule has 1 unspecified atom stereocenters. The second kappa shape index (κ2) is 6.95. The number of nitrogens with one attached hydrogen (secondary N) is 1. The Bertz CT molecular complexity index is 365. The quantitative estimate of drug-likeness (QED) is 0.823. The third-order valence-corrected chi connectivity index (χ3v) is 3.80. The first-order valence-electron chi connectivity index (χ1n) is 7.64. The zero-order chi connectivity index (χ0) is 13.7. The van der Waals surface area contributed by atoms with Crippen LogP contribution in [0.2, 0.25) is 0 Å². The van der Waals surface area contributed by atoms with Gasteiger partial charge in [-0.2, -0.15) is 0 Å². The van der Waals surface area contributed by atoms with Crippen molar-refractivity contribution in [3.05, 3.63) is 29.8 Å². The molecule has 106 valence electrons. The fourth-order valence-electron chi connectivity index (χ4n) is 2.66. The van der Waals surface area contributed by atoms with Crippen molar-refractivity contribution >= 4 is 0 Å². The maximum atomic E-state index is 5.72. The smallest absolute Gasteiger partial charge is 0.119 e. The highest BCUT2D eigenvalue weighted by atomic mass is 16.5. The van der Waals surface area contributed by atoms with Crippen molar-refractivity contribution in [2.24, 2.45) is 5.92 Å². The van der Waals surface area contributed by atoms with E-state index in [1.54, 1.807) is 0 Å². The summed E-state index contributed by atoms with van der Waals surface area (Å²) in [5.74, 6) is 1.55. The lowest BCUT2D eigenvalue weighted by molar-refractivity contribution is 0.271. The molecule has 1 N–H and O–H groups in total. The Kier molecular flexibility index (Phi) is 5.26. The minimum Gasteiger partial charge on any atom is -0.493 e. The standard InChI is InChI=1S/C17H27NO/c1-13(2)12-19-17-10-8-15(9-11-17)14(3)18-16-6-4-5-7-16/h8-11,13-14,16,18H,4-7,12H2,1-3H3. The van der Waals surface area contributed by atoms with Crippen molar-refractivity contribution in [2.75, 3.05) is 6.61 Å². The molecule has 1 aliphatic rings. The molecule has 1 atom stereocenters. The summed E-state index contributed by atoms with van der Waals surface area (Å²) in [5, 5.41) is 3.72. The van der Waals surface area contributed by atoms with Gasteiger partial charge in [0.1, 0.15) is 5.75 Å². The molecule has 0 amide bonds. The SMILES string of the molecule is CC(C)COc1ccc(C(C)NC2CCCC2)cc1. The van der Waals surface area contributed by atoms with E-state index in [0.29, 0.717) is 18.0 Å². The monoisotopic (exact) mass is 261 g/mol. The van der Waals surface area contributed by atoms with E-state index in [2.05, 4.69) is 50.4 Å². The summed E-state index contributed by atoms with van der Waals surface area (Å²) >= 11 is 0. The number of hydrogen-bond acceptors (Lipinski definition) is 2. The highest BCUT2D eigenvalue weighted by molar-refractivity contribution is 5.29. The van der Waals surface area contributed by atoms with E-state index in [9.17, 15) is 0 Å². The molecule has 19 heavy (non-hydrogen) atoms. The molecule has 1 fully saturated rings. The molecule has 0 heterocycles. The molecule has 2 nitrogen and oxygen atoms in total. The van der Waals surface area contributed by atoms with Gasteiger partial charge in [0.2, 0.25) is 0 Å². The van der Waals surface area contributed by atoms with Crippen LogP contribution in [0.4, 0.5) is 0 Å². The van der Waals surface area contributed by atoms with Crippen molar-refractivity contribution in [2.45, 2.75) is 58.5 Å². The third-order valence-electron chi connectivity index (χ3n) is 3.80. The van der Waals surface area contributed by atoms with Gasteiger partial charge < -0.3 is 10.1 Å². The summed E-state index contributed by atoms with van der Waals surface area (Å²) in [6.07, 6.45) is 5.43. The number of ether oxygens (including phenoxy) is 1. The van der Waals surface area contributed by atoms with E-state index in [1.807, 2.05) is 0 Å². The Balaban J connectivity index is 1.86. The van der Waals surface area contributed by atoms with Crippen molar-refractivity contribution in [3.8, 4) is 5.75 Å². The Hall–Kier alpha value is -1.02. The van der Waals surface area contributed by atoms with Crippen LogP contribution in [0.25, 0.3) is 0 Å². The molecule has 1 saturated carbocycles. The van der Waals surface area contributed by atoms with Gasteiger partial charge >= 0.3 is 0 Å².